The molecule has 1 saturated heterocycles. The molecule has 1 unspecified atom stereocenters. The maximum atomic E-state index is 12.9. The van der Waals surface area contributed by atoms with Crippen LogP contribution in [0.3, 0.4) is 0 Å². The molecular weight excluding hydrogens is 219 g/mol. The Morgan fingerprint density at radius 3 is 2.38 bits per heavy atom. The molecule has 0 radical (unpaired) electrons. The number of ether oxygens (including phenoxy) is 1. The molecule has 1 aliphatic heterocycles. The molecule has 0 aromatic heterocycles. The molecule has 1 atom stereocenters. The molecule has 1 fully saturated rings. The monoisotopic (exact) mass is 231 g/mol. The molecule has 88 valence electrons. The Hall–Kier alpha value is -1.23. The first-order valence-corrected chi connectivity index (χ1v) is 5.05. The Labute approximate surface area is 91.4 Å². The SMILES string of the molecule is FC(F)(F)C1(Oc2ccccc2)CCNC1. The molecule has 1 aliphatic rings. The standard InChI is InChI=1S/C11H12F3NO/c12-11(13,14)10(6-7-15-8-10)16-9-4-2-1-3-5-9/h1-5,15H,6-8H2. The molecule has 2 nitrogen and oxygen atoms in total. The molecule has 0 amide bonds. The van der Waals surface area contributed by atoms with Crippen molar-refractivity contribution < 1.29 is 17.9 Å². The van der Waals surface area contributed by atoms with Crippen molar-refractivity contribution in [3.8, 4) is 5.75 Å². The number of halogens is 3. The molecule has 0 spiro atoms. The summed E-state index contributed by atoms with van der Waals surface area (Å²) in [5.41, 5.74) is -2.08. The largest absolute Gasteiger partial charge is 0.476 e. The number of benzene rings is 1. The third kappa shape index (κ3) is 2.00. The van der Waals surface area contributed by atoms with Gasteiger partial charge in [0.15, 0.2) is 0 Å². The van der Waals surface area contributed by atoms with E-state index in [0.717, 1.165) is 0 Å². The van der Waals surface area contributed by atoms with Gasteiger partial charge in [-0.3, -0.25) is 0 Å². The van der Waals surface area contributed by atoms with E-state index in [4.69, 9.17) is 4.74 Å². The van der Waals surface area contributed by atoms with E-state index in [1.54, 1.807) is 18.2 Å². The smallest absolute Gasteiger partial charge is 0.429 e. The van der Waals surface area contributed by atoms with Crippen molar-refractivity contribution in [3.05, 3.63) is 30.3 Å². The molecule has 1 N–H and O–H groups in total. The first kappa shape index (κ1) is 11.3. The van der Waals surface area contributed by atoms with Gasteiger partial charge >= 0.3 is 6.18 Å². The van der Waals surface area contributed by atoms with Gasteiger partial charge < -0.3 is 10.1 Å². The molecule has 1 aromatic carbocycles. The van der Waals surface area contributed by atoms with Crippen LogP contribution in [0, 0.1) is 0 Å². The van der Waals surface area contributed by atoms with E-state index < -0.39 is 11.8 Å². The van der Waals surface area contributed by atoms with Gasteiger partial charge in [0.2, 0.25) is 5.60 Å². The van der Waals surface area contributed by atoms with Gasteiger partial charge in [0.25, 0.3) is 0 Å². The van der Waals surface area contributed by atoms with Crippen LogP contribution in [0.2, 0.25) is 0 Å². The molecule has 0 bridgehead atoms. The maximum Gasteiger partial charge on any atom is 0.429 e. The van der Waals surface area contributed by atoms with Crippen molar-refractivity contribution in [1.82, 2.24) is 5.32 Å². The topological polar surface area (TPSA) is 21.3 Å². The Morgan fingerprint density at radius 1 is 1.19 bits per heavy atom. The van der Waals surface area contributed by atoms with Gasteiger partial charge in [-0.25, -0.2) is 0 Å². The van der Waals surface area contributed by atoms with Crippen LogP contribution in [0.5, 0.6) is 5.75 Å². The summed E-state index contributed by atoms with van der Waals surface area (Å²) in [6, 6.07) is 8.11. The van der Waals surface area contributed by atoms with Gasteiger partial charge in [0, 0.05) is 13.0 Å². The number of hydrogen-bond acceptors (Lipinski definition) is 2. The maximum absolute atomic E-state index is 12.9. The lowest BCUT2D eigenvalue weighted by molar-refractivity contribution is -0.240. The number of rotatable bonds is 2. The van der Waals surface area contributed by atoms with Crippen molar-refractivity contribution in [3.63, 3.8) is 0 Å². The first-order valence-electron chi connectivity index (χ1n) is 5.05. The molecule has 16 heavy (non-hydrogen) atoms. The lowest BCUT2D eigenvalue weighted by Crippen LogP contribution is -2.52. The molecule has 0 aliphatic carbocycles. The van der Waals surface area contributed by atoms with E-state index >= 15 is 0 Å². The van der Waals surface area contributed by atoms with Gasteiger partial charge in [0.05, 0.1) is 0 Å². The summed E-state index contributed by atoms with van der Waals surface area (Å²) in [6.45, 7) is 0.137. The van der Waals surface area contributed by atoms with Gasteiger partial charge in [-0.15, -0.1) is 0 Å². The summed E-state index contributed by atoms with van der Waals surface area (Å²) >= 11 is 0. The third-order valence-electron chi connectivity index (χ3n) is 2.69. The minimum absolute atomic E-state index is 0.0502. The van der Waals surface area contributed by atoms with Crippen LogP contribution >= 0.6 is 0 Å². The fraction of sp³-hybridized carbons (Fsp3) is 0.455. The summed E-state index contributed by atoms with van der Waals surface area (Å²) in [6.07, 6.45) is -4.41. The lowest BCUT2D eigenvalue weighted by atomic mass is 10.0. The van der Waals surface area contributed by atoms with Crippen LogP contribution in [-0.2, 0) is 0 Å². The second-order valence-electron chi connectivity index (χ2n) is 3.83. The average molecular weight is 231 g/mol. The van der Waals surface area contributed by atoms with Crippen LogP contribution in [0.25, 0.3) is 0 Å². The molecule has 2 rings (SSSR count). The third-order valence-corrected chi connectivity index (χ3v) is 2.69. The fourth-order valence-electron chi connectivity index (χ4n) is 1.77. The zero-order valence-electron chi connectivity index (χ0n) is 8.55. The van der Waals surface area contributed by atoms with E-state index in [9.17, 15) is 13.2 Å². The van der Waals surface area contributed by atoms with Gasteiger partial charge in [0.1, 0.15) is 5.75 Å². The normalized spacial score (nSPS) is 25.7. The second-order valence-corrected chi connectivity index (χ2v) is 3.83. The van der Waals surface area contributed by atoms with Gasteiger partial charge in [-0.05, 0) is 18.7 Å². The number of nitrogens with one attached hydrogen (secondary N) is 1. The van der Waals surface area contributed by atoms with Crippen molar-refractivity contribution >= 4 is 0 Å². The quantitative estimate of drug-likeness (QED) is 0.843. The molecule has 5 heteroatoms. The number of para-hydroxylation sites is 1. The number of hydrogen-bond donors (Lipinski definition) is 1. The second kappa shape index (κ2) is 3.97. The summed E-state index contributed by atoms with van der Waals surface area (Å²) < 4.78 is 43.9. The first-order chi connectivity index (χ1) is 7.54. The van der Waals surface area contributed by atoms with E-state index in [2.05, 4.69) is 5.32 Å². The number of alkyl halides is 3. The Balaban J connectivity index is 2.22. The fourth-order valence-corrected chi connectivity index (χ4v) is 1.77. The van der Waals surface area contributed by atoms with E-state index in [-0.39, 0.29) is 18.7 Å². The average Bonchev–Trinajstić information content (AvgIpc) is 2.68. The van der Waals surface area contributed by atoms with Crippen LogP contribution in [0.4, 0.5) is 13.2 Å². The highest BCUT2D eigenvalue weighted by atomic mass is 19.4. The molecular formula is C11H12F3NO. The highest BCUT2D eigenvalue weighted by Gasteiger charge is 2.58. The highest BCUT2D eigenvalue weighted by molar-refractivity contribution is 5.23. The molecule has 1 heterocycles. The minimum atomic E-state index is -4.35. The Kier molecular flexibility index (Phi) is 2.80. The Bertz CT molecular complexity index is 344. The van der Waals surface area contributed by atoms with E-state index in [0.29, 0.717) is 6.54 Å². The summed E-state index contributed by atoms with van der Waals surface area (Å²) in [7, 11) is 0. The zero-order valence-corrected chi connectivity index (χ0v) is 8.55. The van der Waals surface area contributed by atoms with Crippen molar-refractivity contribution in [2.75, 3.05) is 13.1 Å². The van der Waals surface area contributed by atoms with Crippen molar-refractivity contribution in [2.45, 2.75) is 18.2 Å². The van der Waals surface area contributed by atoms with Crippen LogP contribution < -0.4 is 10.1 Å². The van der Waals surface area contributed by atoms with Crippen LogP contribution in [0.1, 0.15) is 6.42 Å². The van der Waals surface area contributed by atoms with Gasteiger partial charge in [-0.1, -0.05) is 18.2 Å². The van der Waals surface area contributed by atoms with Crippen LogP contribution in [0.15, 0.2) is 30.3 Å². The van der Waals surface area contributed by atoms with Crippen molar-refractivity contribution in [2.24, 2.45) is 0 Å². The summed E-state index contributed by atoms with van der Waals surface area (Å²) in [4.78, 5) is 0. The molecule has 0 saturated carbocycles. The minimum Gasteiger partial charge on any atom is -0.476 e. The van der Waals surface area contributed by atoms with E-state index in [1.165, 1.54) is 12.1 Å². The van der Waals surface area contributed by atoms with E-state index in [1.807, 2.05) is 0 Å². The summed E-state index contributed by atoms with van der Waals surface area (Å²) in [5.74, 6) is 0.253. The highest BCUT2D eigenvalue weighted by Crippen LogP contribution is 2.38. The predicted molar refractivity (Wildman–Crippen MR) is 53.3 cm³/mol. The lowest BCUT2D eigenvalue weighted by Gasteiger charge is -2.31. The zero-order chi connectivity index (χ0) is 11.6. The van der Waals surface area contributed by atoms with Crippen LogP contribution in [-0.4, -0.2) is 24.9 Å². The predicted octanol–water partition coefficient (Wildman–Crippen LogP) is 2.36. The van der Waals surface area contributed by atoms with Crippen molar-refractivity contribution in [1.29, 1.82) is 0 Å². The van der Waals surface area contributed by atoms with Gasteiger partial charge in [-0.2, -0.15) is 13.2 Å². The molecule has 1 aromatic rings. The Morgan fingerprint density at radius 2 is 1.88 bits per heavy atom. The summed E-state index contributed by atoms with van der Waals surface area (Å²) in [5, 5.41) is 2.69.